The fraction of sp³-hybridized carbons (Fsp3) is 0.556. The fourth-order valence-electron chi connectivity index (χ4n) is 6.84. The van der Waals surface area contributed by atoms with E-state index in [1.807, 2.05) is 29.8 Å². The predicted octanol–water partition coefficient (Wildman–Crippen LogP) is 6.64. The highest BCUT2D eigenvalue weighted by Crippen LogP contribution is 2.78. The Morgan fingerprint density at radius 3 is 2.23 bits per heavy atom. The molecule has 4 rings (SSSR count). The molecule has 1 fully saturated rings. The molecule has 0 radical (unpaired) electrons. The van der Waals surface area contributed by atoms with Crippen LogP contribution in [0.5, 0.6) is 0 Å². The van der Waals surface area contributed by atoms with E-state index in [0.717, 1.165) is 46.9 Å². The van der Waals surface area contributed by atoms with Crippen molar-refractivity contribution in [2.24, 2.45) is 0 Å². The number of fused-ring (bicyclic) bond motifs is 1. The van der Waals surface area contributed by atoms with E-state index in [-0.39, 0.29) is 19.1 Å². The van der Waals surface area contributed by atoms with Crippen LogP contribution in [0.4, 0.5) is 0 Å². The van der Waals surface area contributed by atoms with Gasteiger partial charge in [0.15, 0.2) is 11.1 Å². The molecule has 1 saturated heterocycles. The van der Waals surface area contributed by atoms with Gasteiger partial charge in [-0.2, -0.15) is 5.10 Å². The third-order valence-corrected chi connectivity index (χ3v) is 14.3. The number of halogens is 1. The standard InChI is InChI=1S/C27H38BrN3O7P2/c1-5-20-21(18-12-13-22-19(15-18)16-30-31(22)23-11-9-10-14-38-23)17-29-25(28)24(20)26(6-2,7-3)27(8-4,39(32,33)34)40(35,36)37/h12-13,15-17,23H,5-11,14H2,1-4H3,(H2,32,33,34)(H2,35,36,37). The zero-order valence-corrected chi connectivity index (χ0v) is 26.6. The first-order chi connectivity index (χ1) is 18.8. The molecule has 0 spiro atoms. The molecule has 1 unspecified atom stereocenters. The average molecular weight is 658 g/mol. The molecule has 1 aliphatic heterocycles. The highest BCUT2D eigenvalue weighted by molar-refractivity contribution is 9.10. The molecule has 10 nitrogen and oxygen atoms in total. The van der Waals surface area contributed by atoms with Gasteiger partial charge in [0, 0.05) is 29.2 Å². The Balaban J connectivity index is 1.98. The molecule has 1 atom stereocenters. The van der Waals surface area contributed by atoms with Crippen LogP contribution in [-0.2, 0) is 25.7 Å². The fourth-order valence-corrected chi connectivity index (χ4v) is 11.7. The number of rotatable bonds is 10. The molecule has 0 bridgehead atoms. The molecule has 2 aromatic heterocycles. The van der Waals surface area contributed by atoms with E-state index in [1.54, 1.807) is 26.2 Å². The van der Waals surface area contributed by atoms with Gasteiger partial charge >= 0.3 is 15.2 Å². The van der Waals surface area contributed by atoms with Gasteiger partial charge in [-0.05, 0) is 89.7 Å². The van der Waals surface area contributed by atoms with E-state index in [0.29, 0.717) is 23.2 Å². The van der Waals surface area contributed by atoms with Crippen LogP contribution in [-0.4, -0.2) is 45.8 Å². The summed E-state index contributed by atoms with van der Waals surface area (Å²) in [5.74, 6) is 0. The second-order valence-corrected chi connectivity index (χ2v) is 15.2. The van der Waals surface area contributed by atoms with Crippen LogP contribution >= 0.6 is 31.1 Å². The molecule has 0 amide bonds. The van der Waals surface area contributed by atoms with Gasteiger partial charge in [-0.3, -0.25) is 9.13 Å². The Morgan fingerprint density at radius 1 is 1.02 bits per heavy atom. The largest absolute Gasteiger partial charge is 0.356 e. The third-order valence-electron chi connectivity index (χ3n) is 8.74. The summed E-state index contributed by atoms with van der Waals surface area (Å²) in [6.07, 6.45) is 6.58. The van der Waals surface area contributed by atoms with Crippen LogP contribution in [0.2, 0.25) is 0 Å². The summed E-state index contributed by atoms with van der Waals surface area (Å²) in [5.41, 5.74) is 2.07. The minimum absolute atomic E-state index is 0.0808. The van der Waals surface area contributed by atoms with Crippen molar-refractivity contribution >= 4 is 42.0 Å². The molecule has 4 N–H and O–H groups in total. The molecule has 220 valence electrons. The number of nitrogens with zero attached hydrogens (tertiary/aromatic N) is 3. The van der Waals surface area contributed by atoms with E-state index in [1.165, 1.54) is 6.92 Å². The molecule has 1 aromatic carbocycles. The first-order valence-electron chi connectivity index (χ1n) is 13.7. The van der Waals surface area contributed by atoms with Gasteiger partial charge < -0.3 is 24.3 Å². The molecule has 3 aromatic rings. The van der Waals surface area contributed by atoms with Crippen molar-refractivity contribution in [3.8, 4) is 11.1 Å². The lowest BCUT2D eigenvalue weighted by Crippen LogP contribution is -2.51. The Labute approximate surface area is 243 Å². The summed E-state index contributed by atoms with van der Waals surface area (Å²) in [5, 5.41) is 5.49. The first-order valence-corrected chi connectivity index (χ1v) is 17.7. The van der Waals surface area contributed by atoms with Crippen LogP contribution in [0.25, 0.3) is 22.0 Å². The van der Waals surface area contributed by atoms with E-state index < -0.39 is 31.9 Å². The van der Waals surface area contributed by atoms with Crippen LogP contribution in [0.3, 0.4) is 0 Å². The highest BCUT2D eigenvalue weighted by atomic mass is 79.9. The lowest BCUT2D eigenvalue weighted by molar-refractivity contribution is -0.0366. The number of hydrogen-bond acceptors (Lipinski definition) is 5. The molecule has 0 aliphatic carbocycles. The van der Waals surface area contributed by atoms with Crippen LogP contribution in [0.1, 0.15) is 83.6 Å². The number of pyridine rings is 1. The molecule has 13 heteroatoms. The number of ether oxygens (including phenoxy) is 1. The van der Waals surface area contributed by atoms with Crippen molar-refractivity contribution in [3.05, 3.63) is 46.3 Å². The smallest absolute Gasteiger partial charge is 0.344 e. The zero-order valence-electron chi connectivity index (χ0n) is 23.2. The second-order valence-electron chi connectivity index (χ2n) is 10.4. The van der Waals surface area contributed by atoms with Gasteiger partial charge in [-0.1, -0.05) is 33.8 Å². The minimum atomic E-state index is -5.36. The van der Waals surface area contributed by atoms with Crippen molar-refractivity contribution < 1.29 is 33.4 Å². The van der Waals surface area contributed by atoms with E-state index in [9.17, 15) is 28.7 Å². The zero-order chi connectivity index (χ0) is 29.5. The van der Waals surface area contributed by atoms with E-state index in [2.05, 4.69) is 26.0 Å². The Hall–Kier alpha value is -1.42. The maximum absolute atomic E-state index is 13.2. The Kier molecular flexibility index (Phi) is 9.21. The summed E-state index contributed by atoms with van der Waals surface area (Å²) in [6, 6.07) is 5.93. The Morgan fingerprint density at radius 2 is 1.70 bits per heavy atom. The van der Waals surface area contributed by atoms with Crippen molar-refractivity contribution in [1.29, 1.82) is 0 Å². The van der Waals surface area contributed by atoms with Crippen LogP contribution in [0.15, 0.2) is 35.2 Å². The summed E-state index contributed by atoms with van der Waals surface area (Å²) in [4.78, 5) is 44.6. The first kappa shape index (κ1) is 31.5. The SMILES string of the molecule is CCc1c(-c2ccc3c(cnn3C3CCCCO3)c2)cnc(Br)c1C(CC)(CC)C(CC)(P(=O)(O)O)P(=O)(O)O. The molecule has 0 saturated carbocycles. The quantitative estimate of drug-likeness (QED) is 0.139. The molecule has 3 heterocycles. The van der Waals surface area contributed by atoms with Gasteiger partial charge in [0.2, 0.25) is 0 Å². The summed E-state index contributed by atoms with van der Waals surface area (Å²) in [6.45, 7) is 7.48. The summed E-state index contributed by atoms with van der Waals surface area (Å²) >= 11 is 3.51. The summed E-state index contributed by atoms with van der Waals surface area (Å²) in [7, 11) is -10.7. The van der Waals surface area contributed by atoms with Gasteiger partial charge in [-0.15, -0.1) is 0 Å². The van der Waals surface area contributed by atoms with Crippen molar-refractivity contribution in [3.63, 3.8) is 0 Å². The van der Waals surface area contributed by atoms with Crippen molar-refractivity contribution in [2.45, 2.75) is 89.2 Å². The normalized spacial score (nSPS) is 17.5. The molecular weight excluding hydrogens is 620 g/mol. The van der Waals surface area contributed by atoms with E-state index >= 15 is 0 Å². The van der Waals surface area contributed by atoms with Gasteiger partial charge in [0.05, 0.1) is 11.7 Å². The molecule has 40 heavy (non-hydrogen) atoms. The predicted molar refractivity (Wildman–Crippen MR) is 158 cm³/mol. The summed E-state index contributed by atoms with van der Waals surface area (Å²) < 4.78 is 34.5. The maximum Gasteiger partial charge on any atom is 0.344 e. The Bertz CT molecular complexity index is 1450. The molecular formula is C27H38BrN3O7P2. The lowest BCUT2D eigenvalue weighted by Gasteiger charge is -2.50. The monoisotopic (exact) mass is 657 g/mol. The highest BCUT2D eigenvalue weighted by Gasteiger charge is 2.70. The second kappa shape index (κ2) is 11.7. The topological polar surface area (TPSA) is 155 Å². The maximum atomic E-state index is 13.2. The number of benzene rings is 1. The van der Waals surface area contributed by atoms with Gasteiger partial charge in [0.1, 0.15) is 4.60 Å². The minimum Gasteiger partial charge on any atom is -0.356 e. The number of aromatic nitrogens is 3. The van der Waals surface area contributed by atoms with Crippen molar-refractivity contribution in [1.82, 2.24) is 14.8 Å². The van der Waals surface area contributed by atoms with Gasteiger partial charge in [0.25, 0.3) is 0 Å². The van der Waals surface area contributed by atoms with Crippen LogP contribution in [0, 0.1) is 0 Å². The van der Waals surface area contributed by atoms with E-state index in [4.69, 9.17) is 4.74 Å². The van der Waals surface area contributed by atoms with Crippen LogP contribution < -0.4 is 0 Å². The van der Waals surface area contributed by atoms with Gasteiger partial charge in [-0.25, -0.2) is 9.67 Å². The third kappa shape index (κ3) is 4.86. The van der Waals surface area contributed by atoms with Crippen molar-refractivity contribution in [2.75, 3.05) is 6.61 Å². The average Bonchev–Trinajstić information content (AvgIpc) is 3.34. The molecule has 1 aliphatic rings. The lowest BCUT2D eigenvalue weighted by atomic mass is 9.69. The number of hydrogen-bond donors (Lipinski definition) is 4.